The first kappa shape index (κ1) is 14.4. The molecule has 2 aliphatic rings. The molecule has 4 nitrogen and oxygen atoms in total. The molecule has 0 bridgehead atoms. The Morgan fingerprint density at radius 3 is 2.57 bits per heavy atom. The van der Waals surface area contributed by atoms with Crippen molar-refractivity contribution in [2.75, 3.05) is 13.1 Å². The van der Waals surface area contributed by atoms with E-state index in [0.29, 0.717) is 0 Å². The van der Waals surface area contributed by atoms with Crippen LogP contribution in [0.5, 0.6) is 0 Å². The molecule has 0 spiro atoms. The molecule has 0 N–H and O–H groups in total. The number of hydrogen-bond donors (Lipinski definition) is 0. The monoisotopic (exact) mass is 302 g/mol. The fourth-order valence-electron chi connectivity index (χ4n) is 2.72. The van der Waals surface area contributed by atoms with Crippen LogP contribution in [0.4, 0.5) is 5.82 Å². The van der Waals surface area contributed by atoms with E-state index >= 15 is 0 Å². The molecule has 0 unspecified atom stereocenters. The average Bonchev–Trinajstić information content (AvgIpc) is 2.64. The summed E-state index contributed by atoms with van der Waals surface area (Å²) in [4.78, 5) is 9.47. The van der Waals surface area contributed by atoms with Crippen LogP contribution in [0.15, 0.2) is 22.7 Å². The van der Waals surface area contributed by atoms with Crippen molar-refractivity contribution < 1.29 is 0 Å². The van der Waals surface area contributed by atoms with Crippen molar-refractivity contribution in [3.8, 4) is 0 Å². The lowest BCUT2D eigenvalue weighted by Crippen LogP contribution is -2.37. The fourth-order valence-corrected chi connectivity index (χ4v) is 3.66. The Kier molecular flexibility index (Phi) is 3.93. The zero-order valence-electron chi connectivity index (χ0n) is 13.0. The normalized spacial score (nSPS) is 20.9. The van der Waals surface area contributed by atoms with E-state index < -0.39 is 0 Å². The highest BCUT2D eigenvalue weighted by atomic mass is 32.2. The Morgan fingerprint density at radius 1 is 1.10 bits per heavy atom. The molecule has 0 aromatic carbocycles. The number of nitrogens with zero attached hydrogens (tertiary/aromatic N) is 4. The highest BCUT2D eigenvalue weighted by Crippen LogP contribution is 2.36. The van der Waals surface area contributed by atoms with Gasteiger partial charge in [-0.15, -0.1) is 0 Å². The molecule has 1 aromatic rings. The molecule has 0 aliphatic carbocycles. The van der Waals surface area contributed by atoms with Crippen molar-refractivity contribution in [3.63, 3.8) is 0 Å². The number of aryl methyl sites for hydroxylation is 3. The van der Waals surface area contributed by atoms with Gasteiger partial charge in [0.05, 0.1) is 5.03 Å². The van der Waals surface area contributed by atoms with Crippen LogP contribution in [-0.4, -0.2) is 33.3 Å². The topological polar surface area (TPSA) is 31.7 Å². The van der Waals surface area contributed by atoms with Gasteiger partial charge in [-0.1, -0.05) is 12.6 Å². The van der Waals surface area contributed by atoms with Crippen molar-refractivity contribution in [1.29, 1.82) is 0 Å². The van der Waals surface area contributed by atoms with Gasteiger partial charge in [-0.25, -0.2) is 9.98 Å². The first-order valence-corrected chi connectivity index (χ1v) is 8.33. The van der Waals surface area contributed by atoms with E-state index in [4.69, 9.17) is 4.99 Å². The molecule has 21 heavy (non-hydrogen) atoms. The standard InChI is InChI=1S/C16H22N4S/c1-11-10-12(2)15(17-13(11)3)18-16-20-9-7-5-6-8-19(20)14(4)21-16/h10H,4-9H2,1-3H3. The number of hydrazine groups is 1. The van der Waals surface area contributed by atoms with Crippen molar-refractivity contribution >= 4 is 22.7 Å². The third-order valence-electron chi connectivity index (χ3n) is 4.08. The zero-order chi connectivity index (χ0) is 15.0. The summed E-state index contributed by atoms with van der Waals surface area (Å²) >= 11 is 1.66. The second kappa shape index (κ2) is 5.72. The Hall–Kier alpha value is -1.49. The summed E-state index contributed by atoms with van der Waals surface area (Å²) in [5.41, 5.74) is 3.40. The molecule has 0 radical (unpaired) electrons. The minimum atomic E-state index is 0.833. The molecule has 1 aromatic heterocycles. The molecule has 2 saturated heterocycles. The predicted octanol–water partition coefficient (Wildman–Crippen LogP) is 3.92. The second-order valence-corrected chi connectivity index (χ2v) is 6.77. The maximum Gasteiger partial charge on any atom is 0.191 e. The van der Waals surface area contributed by atoms with Crippen LogP contribution in [0, 0.1) is 20.8 Å². The minimum absolute atomic E-state index is 0.833. The summed E-state index contributed by atoms with van der Waals surface area (Å²) < 4.78 is 0. The fraction of sp³-hybridized carbons (Fsp3) is 0.500. The molecule has 0 atom stereocenters. The van der Waals surface area contributed by atoms with Gasteiger partial charge < -0.3 is 0 Å². The largest absolute Gasteiger partial charge is 0.277 e. The maximum absolute atomic E-state index is 4.83. The van der Waals surface area contributed by atoms with E-state index in [-0.39, 0.29) is 0 Å². The molecular formula is C16H22N4S. The lowest BCUT2D eigenvalue weighted by Gasteiger charge is -2.27. The van der Waals surface area contributed by atoms with Crippen molar-refractivity contribution in [2.24, 2.45) is 4.99 Å². The molecule has 5 heteroatoms. The summed E-state index contributed by atoms with van der Waals surface area (Å²) in [6, 6.07) is 2.16. The SMILES string of the molecule is C=C1SC(=Nc2nc(C)c(C)cc2C)N2CCCCCN12. The van der Waals surface area contributed by atoms with Crippen molar-refractivity contribution in [1.82, 2.24) is 15.0 Å². The van der Waals surface area contributed by atoms with Crippen LogP contribution < -0.4 is 0 Å². The predicted molar refractivity (Wildman–Crippen MR) is 89.5 cm³/mol. The molecule has 0 amide bonds. The average molecular weight is 302 g/mol. The van der Waals surface area contributed by atoms with Gasteiger partial charge in [-0.2, -0.15) is 0 Å². The van der Waals surface area contributed by atoms with Gasteiger partial charge in [0.25, 0.3) is 0 Å². The Labute approximate surface area is 130 Å². The third-order valence-corrected chi connectivity index (χ3v) is 5.01. The summed E-state index contributed by atoms with van der Waals surface area (Å²) in [7, 11) is 0. The summed E-state index contributed by atoms with van der Waals surface area (Å²) in [6.45, 7) is 12.4. The lowest BCUT2D eigenvalue weighted by atomic mass is 10.1. The number of thioether (sulfide) groups is 1. The smallest absolute Gasteiger partial charge is 0.191 e. The zero-order valence-corrected chi connectivity index (χ0v) is 13.8. The van der Waals surface area contributed by atoms with Crippen molar-refractivity contribution in [2.45, 2.75) is 40.0 Å². The quantitative estimate of drug-likeness (QED) is 0.787. The van der Waals surface area contributed by atoms with Gasteiger partial charge in [0.2, 0.25) is 0 Å². The van der Waals surface area contributed by atoms with E-state index in [9.17, 15) is 0 Å². The second-order valence-electron chi connectivity index (χ2n) is 5.73. The van der Waals surface area contributed by atoms with Gasteiger partial charge >= 0.3 is 0 Å². The van der Waals surface area contributed by atoms with Crippen molar-refractivity contribution in [3.05, 3.63) is 34.5 Å². The van der Waals surface area contributed by atoms with Gasteiger partial charge in [0.1, 0.15) is 0 Å². The van der Waals surface area contributed by atoms with Crippen LogP contribution in [0.1, 0.15) is 36.1 Å². The summed E-state index contributed by atoms with van der Waals surface area (Å²) in [5.74, 6) is 0.833. The number of pyridine rings is 1. The first-order valence-electron chi connectivity index (χ1n) is 7.51. The molecule has 0 saturated carbocycles. The maximum atomic E-state index is 4.83. The molecule has 2 fully saturated rings. The van der Waals surface area contributed by atoms with Crippen LogP contribution >= 0.6 is 11.8 Å². The first-order chi connectivity index (χ1) is 10.1. The molecule has 2 aliphatic heterocycles. The molecule has 3 rings (SSSR count). The van der Waals surface area contributed by atoms with Crippen LogP contribution in [0.2, 0.25) is 0 Å². The number of aromatic nitrogens is 1. The van der Waals surface area contributed by atoms with E-state index in [1.807, 2.05) is 6.92 Å². The lowest BCUT2D eigenvalue weighted by molar-refractivity contribution is 0.124. The molecule has 112 valence electrons. The highest BCUT2D eigenvalue weighted by molar-refractivity contribution is 8.17. The third kappa shape index (κ3) is 2.79. The van der Waals surface area contributed by atoms with E-state index in [1.165, 1.54) is 24.8 Å². The van der Waals surface area contributed by atoms with Gasteiger partial charge in [0.15, 0.2) is 11.0 Å². The summed E-state index contributed by atoms with van der Waals surface area (Å²) in [6.07, 6.45) is 3.71. The Bertz CT molecular complexity index is 609. The Morgan fingerprint density at radius 2 is 1.81 bits per heavy atom. The number of hydrogen-bond acceptors (Lipinski definition) is 4. The van der Waals surface area contributed by atoms with Gasteiger partial charge in [0, 0.05) is 18.8 Å². The summed E-state index contributed by atoms with van der Waals surface area (Å²) in [5, 5.41) is 6.64. The Balaban J connectivity index is 1.95. The van der Waals surface area contributed by atoms with E-state index in [0.717, 1.165) is 40.4 Å². The number of aliphatic imine (C=N–C) groups is 1. The molecular weight excluding hydrogens is 280 g/mol. The van der Waals surface area contributed by atoms with E-state index in [1.54, 1.807) is 11.8 Å². The molecule has 3 heterocycles. The van der Waals surface area contributed by atoms with Crippen LogP contribution in [-0.2, 0) is 0 Å². The van der Waals surface area contributed by atoms with Gasteiger partial charge in [-0.05, 0) is 62.9 Å². The number of fused-ring (bicyclic) bond motifs is 1. The van der Waals surface area contributed by atoms with Gasteiger partial charge in [-0.3, -0.25) is 10.0 Å². The highest BCUT2D eigenvalue weighted by Gasteiger charge is 2.31. The van der Waals surface area contributed by atoms with E-state index in [2.05, 4.69) is 41.5 Å². The van der Waals surface area contributed by atoms with Crippen LogP contribution in [0.25, 0.3) is 0 Å². The number of rotatable bonds is 1. The number of amidine groups is 1. The minimum Gasteiger partial charge on any atom is -0.277 e. The van der Waals surface area contributed by atoms with Crippen LogP contribution in [0.3, 0.4) is 0 Å².